The number of halogens is 1. The fourth-order valence-electron chi connectivity index (χ4n) is 4.66. The van der Waals surface area contributed by atoms with Gasteiger partial charge in [-0.1, -0.05) is 24.3 Å². The molecule has 0 aromatic heterocycles. The second kappa shape index (κ2) is 13.6. The van der Waals surface area contributed by atoms with Crippen LogP contribution in [-0.2, 0) is 17.6 Å². The molecule has 1 heterocycles. The molecule has 2 aliphatic rings. The topological polar surface area (TPSA) is 71.0 Å². The lowest BCUT2D eigenvalue weighted by Crippen LogP contribution is -2.39. The number of hydrogen-bond donors (Lipinski definition) is 2. The molecule has 2 atom stereocenters. The van der Waals surface area contributed by atoms with E-state index >= 15 is 0 Å². The average Bonchev–Trinajstić information content (AvgIpc) is 3.07. The van der Waals surface area contributed by atoms with Crippen LogP contribution in [-0.4, -0.2) is 60.9 Å². The minimum atomic E-state index is -0.566. The third kappa shape index (κ3) is 7.90. The van der Waals surface area contributed by atoms with Gasteiger partial charge in [0.15, 0.2) is 6.61 Å². The number of aliphatic hydroxyl groups excluding tert-OH is 1. The fraction of sp³-hybridized carbons (Fsp3) is 0.519. The lowest BCUT2D eigenvalue weighted by molar-refractivity contribution is -0.134. The number of fused-ring (bicyclic) bond motifs is 1. The number of aliphatic hydroxyl groups is 1. The van der Waals surface area contributed by atoms with Crippen LogP contribution in [0.4, 0.5) is 0 Å². The van der Waals surface area contributed by atoms with E-state index < -0.39 is 6.10 Å². The highest BCUT2D eigenvalue weighted by molar-refractivity contribution is 5.85. The molecule has 1 unspecified atom stereocenters. The zero-order chi connectivity index (χ0) is 22.9. The smallest absolute Gasteiger partial charge is 0.260 e. The monoisotopic (exact) mass is 488 g/mol. The molecular weight excluding hydrogens is 452 g/mol. The molecule has 0 spiro atoms. The van der Waals surface area contributed by atoms with Gasteiger partial charge in [-0.15, -0.1) is 12.4 Å². The Hall–Kier alpha value is -2.28. The van der Waals surface area contributed by atoms with Crippen molar-refractivity contribution >= 4 is 18.3 Å². The summed E-state index contributed by atoms with van der Waals surface area (Å²) in [6.07, 6.45) is 6.92. The van der Waals surface area contributed by atoms with Crippen LogP contribution in [0, 0.1) is 0 Å². The first kappa shape index (κ1) is 26.3. The van der Waals surface area contributed by atoms with E-state index in [0.29, 0.717) is 12.6 Å². The predicted octanol–water partition coefficient (Wildman–Crippen LogP) is 3.78. The molecule has 1 saturated heterocycles. The van der Waals surface area contributed by atoms with E-state index in [4.69, 9.17) is 9.47 Å². The molecule has 1 aliphatic heterocycles. The maximum absolute atomic E-state index is 12.4. The number of carbonyl (C=O) groups excluding carboxylic acids is 1. The molecule has 7 heteroatoms. The number of amides is 1. The summed E-state index contributed by atoms with van der Waals surface area (Å²) >= 11 is 0. The van der Waals surface area contributed by atoms with Gasteiger partial charge >= 0.3 is 0 Å². The highest BCUT2D eigenvalue weighted by Gasteiger charge is 2.20. The molecule has 2 aromatic rings. The fourth-order valence-corrected chi connectivity index (χ4v) is 4.66. The molecule has 4 rings (SSSR count). The molecule has 0 radical (unpaired) electrons. The zero-order valence-corrected chi connectivity index (χ0v) is 20.6. The van der Waals surface area contributed by atoms with Crippen LogP contribution in [0.25, 0.3) is 0 Å². The van der Waals surface area contributed by atoms with Crippen molar-refractivity contribution in [1.82, 2.24) is 10.2 Å². The highest BCUT2D eigenvalue weighted by Crippen LogP contribution is 2.25. The Morgan fingerprint density at radius 3 is 2.59 bits per heavy atom. The minimum Gasteiger partial charge on any atom is -0.491 e. The number of piperidine rings is 1. The maximum Gasteiger partial charge on any atom is 0.260 e. The summed E-state index contributed by atoms with van der Waals surface area (Å²) in [6.45, 7) is 2.56. The van der Waals surface area contributed by atoms with Gasteiger partial charge in [-0.25, -0.2) is 0 Å². The summed E-state index contributed by atoms with van der Waals surface area (Å²) in [7, 11) is 0. The van der Waals surface area contributed by atoms with Gasteiger partial charge in [0, 0.05) is 25.7 Å². The Labute approximate surface area is 209 Å². The van der Waals surface area contributed by atoms with Gasteiger partial charge in [-0.05, 0) is 80.3 Å². The number of benzene rings is 2. The largest absolute Gasteiger partial charge is 0.491 e. The van der Waals surface area contributed by atoms with Crippen LogP contribution in [0.1, 0.15) is 43.2 Å². The van der Waals surface area contributed by atoms with E-state index in [0.717, 1.165) is 63.1 Å². The van der Waals surface area contributed by atoms with Gasteiger partial charge < -0.3 is 24.8 Å². The van der Waals surface area contributed by atoms with Crippen molar-refractivity contribution in [3.63, 3.8) is 0 Å². The molecule has 0 saturated carbocycles. The van der Waals surface area contributed by atoms with Crippen molar-refractivity contribution in [3.8, 4) is 11.5 Å². The number of aryl methyl sites for hydroxylation is 1. The third-order valence-corrected chi connectivity index (χ3v) is 6.54. The van der Waals surface area contributed by atoms with Crippen LogP contribution >= 0.6 is 12.4 Å². The summed E-state index contributed by atoms with van der Waals surface area (Å²) in [5.74, 6) is 1.61. The Bertz CT molecular complexity index is 889. The number of carbonyl (C=O) groups is 1. The Morgan fingerprint density at radius 1 is 1.00 bits per heavy atom. The number of likely N-dealkylation sites (tertiary alicyclic amines) is 1. The number of hydrogen-bond acceptors (Lipinski definition) is 5. The van der Waals surface area contributed by atoms with E-state index in [9.17, 15) is 9.90 Å². The summed E-state index contributed by atoms with van der Waals surface area (Å²) < 4.78 is 11.5. The van der Waals surface area contributed by atoms with Crippen molar-refractivity contribution in [2.24, 2.45) is 0 Å². The van der Waals surface area contributed by atoms with E-state index in [1.165, 1.54) is 17.5 Å². The van der Waals surface area contributed by atoms with Crippen molar-refractivity contribution < 1.29 is 19.4 Å². The second-order valence-electron chi connectivity index (χ2n) is 9.14. The molecule has 1 fully saturated rings. The van der Waals surface area contributed by atoms with Crippen LogP contribution in [0.15, 0.2) is 48.5 Å². The van der Waals surface area contributed by atoms with E-state index in [2.05, 4.69) is 17.4 Å². The SMILES string of the molecule is Cl.O=C(COc1ccc2c(c1)CC(NC[C@H](O)COc1ccccc1)CCC2)N1CCCCC1. The normalized spacial score (nSPS) is 18.7. The van der Waals surface area contributed by atoms with Gasteiger partial charge in [0.05, 0.1) is 0 Å². The quantitative estimate of drug-likeness (QED) is 0.526. The number of ether oxygens (including phenoxy) is 2. The van der Waals surface area contributed by atoms with Gasteiger partial charge in [0.25, 0.3) is 5.91 Å². The molecule has 2 N–H and O–H groups in total. The summed E-state index contributed by atoms with van der Waals surface area (Å²) in [5, 5.41) is 13.9. The molecule has 186 valence electrons. The summed E-state index contributed by atoms with van der Waals surface area (Å²) in [5.41, 5.74) is 2.62. The highest BCUT2D eigenvalue weighted by atomic mass is 35.5. The second-order valence-corrected chi connectivity index (χ2v) is 9.14. The molecule has 6 nitrogen and oxygen atoms in total. The number of rotatable bonds is 9. The average molecular weight is 489 g/mol. The maximum atomic E-state index is 12.4. The molecule has 1 amide bonds. The molecule has 2 aromatic carbocycles. The minimum absolute atomic E-state index is 0. The zero-order valence-electron chi connectivity index (χ0n) is 19.8. The lowest BCUT2D eigenvalue weighted by atomic mass is 10.0. The molecule has 1 aliphatic carbocycles. The van der Waals surface area contributed by atoms with Crippen LogP contribution in [0.2, 0.25) is 0 Å². The third-order valence-electron chi connectivity index (χ3n) is 6.54. The summed E-state index contributed by atoms with van der Waals surface area (Å²) in [4.78, 5) is 14.3. The first-order valence-electron chi connectivity index (χ1n) is 12.3. The van der Waals surface area contributed by atoms with Crippen molar-refractivity contribution in [2.75, 3.05) is 32.8 Å². The van der Waals surface area contributed by atoms with Crippen LogP contribution in [0.3, 0.4) is 0 Å². The summed E-state index contributed by atoms with van der Waals surface area (Å²) in [6, 6.07) is 16.1. The first-order valence-corrected chi connectivity index (χ1v) is 12.3. The number of nitrogens with one attached hydrogen (secondary N) is 1. The number of para-hydroxylation sites is 1. The Balaban J connectivity index is 0.00000324. The molecule has 0 bridgehead atoms. The van der Waals surface area contributed by atoms with Crippen molar-refractivity contribution in [1.29, 1.82) is 0 Å². The van der Waals surface area contributed by atoms with Crippen molar-refractivity contribution in [2.45, 2.75) is 57.1 Å². The first-order chi connectivity index (χ1) is 16.2. The standard InChI is InChI=1S/C27H36N2O4.ClH/c30-24(19-32-25-10-3-1-4-11-25)18-28-23-9-7-8-21-12-13-26(17-22(21)16-23)33-20-27(31)29-14-5-2-6-15-29;/h1,3-4,10-13,17,23-24,28,30H,2,5-9,14-16,18-20H2;1H/t23?,24-;/m0./s1. The van der Waals surface area contributed by atoms with Crippen LogP contribution in [0.5, 0.6) is 11.5 Å². The van der Waals surface area contributed by atoms with E-state index in [-0.39, 0.29) is 31.5 Å². The van der Waals surface area contributed by atoms with Gasteiger partial charge in [-0.2, -0.15) is 0 Å². The molecule has 34 heavy (non-hydrogen) atoms. The van der Waals surface area contributed by atoms with Gasteiger partial charge in [-0.3, -0.25) is 4.79 Å². The van der Waals surface area contributed by atoms with E-state index in [1.807, 2.05) is 41.3 Å². The lowest BCUT2D eigenvalue weighted by Gasteiger charge is -2.26. The predicted molar refractivity (Wildman–Crippen MR) is 136 cm³/mol. The number of nitrogens with zero attached hydrogens (tertiary/aromatic N) is 1. The molecular formula is C27H37ClN2O4. The van der Waals surface area contributed by atoms with Crippen molar-refractivity contribution in [3.05, 3.63) is 59.7 Å². The van der Waals surface area contributed by atoms with Gasteiger partial charge in [0.1, 0.15) is 24.2 Å². The van der Waals surface area contributed by atoms with Gasteiger partial charge in [0.2, 0.25) is 0 Å². The Morgan fingerprint density at radius 2 is 1.79 bits per heavy atom. The van der Waals surface area contributed by atoms with E-state index in [1.54, 1.807) is 0 Å². The van der Waals surface area contributed by atoms with Crippen LogP contribution < -0.4 is 14.8 Å². The Kier molecular flexibility index (Phi) is 10.5.